The number of halogens is 6. The van der Waals surface area contributed by atoms with Crippen LogP contribution in [0.25, 0.3) is 0 Å². The van der Waals surface area contributed by atoms with E-state index in [4.69, 9.17) is 0 Å². The van der Waals surface area contributed by atoms with Crippen molar-refractivity contribution in [2.45, 2.75) is 18.8 Å². The predicted octanol–water partition coefficient (Wildman–Crippen LogP) is 3.47. The maximum absolute atomic E-state index is 12.5. The fourth-order valence-corrected chi connectivity index (χ4v) is 1.43. The van der Waals surface area contributed by atoms with E-state index in [1.54, 1.807) is 0 Å². The quantitative estimate of drug-likeness (QED) is 0.585. The Bertz CT molecular complexity index is 418. The van der Waals surface area contributed by atoms with Crippen LogP contribution in [-0.4, -0.2) is 6.29 Å². The minimum Gasteiger partial charge on any atom is -0.303 e. The number of carbonyl (C=O) groups excluding carboxylic acids is 1. The van der Waals surface area contributed by atoms with Gasteiger partial charge in [-0.2, -0.15) is 26.3 Å². The van der Waals surface area contributed by atoms with Crippen molar-refractivity contribution >= 4 is 6.29 Å². The van der Waals surface area contributed by atoms with Crippen LogP contribution < -0.4 is 0 Å². The van der Waals surface area contributed by atoms with E-state index < -0.39 is 35.5 Å². The zero-order valence-corrected chi connectivity index (χ0v) is 8.19. The van der Waals surface area contributed by atoms with Crippen molar-refractivity contribution in [1.82, 2.24) is 0 Å². The summed E-state index contributed by atoms with van der Waals surface area (Å²) in [5.74, 6) is 0. The van der Waals surface area contributed by atoms with Gasteiger partial charge in [-0.1, -0.05) is 12.1 Å². The highest BCUT2D eigenvalue weighted by Gasteiger charge is 2.44. The number of carbonyl (C=O) groups is 1. The van der Waals surface area contributed by atoms with E-state index in [-0.39, 0.29) is 6.29 Å². The van der Waals surface area contributed by atoms with Crippen LogP contribution in [0.15, 0.2) is 18.2 Å². The standard InChI is InChI=1S/C10H6F6O/c11-9(12,13)7-3-1-2-6(4-5-17)8(7)10(14,15)16/h1-3,5H,4H2. The molecule has 0 N–H and O–H groups in total. The zero-order valence-electron chi connectivity index (χ0n) is 8.19. The van der Waals surface area contributed by atoms with E-state index in [9.17, 15) is 31.1 Å². The molecule has 0 saturated carbocycles. The first-order valence-corrected chi connectivity index (χ1v) is 4.38. The number of alkyl halides is 6. The Morgan fingerprint density at radius 1 is 1.00 bits per heavy atom. The average Bonchev–Trinajstić information content (AvgIpc) is 2.14. The summed E-state index contributed by atoms with van der Waals surface area (Å²) in [5, 5.41) is 0. The van der Waals surface area contributed by atoms with Gasteiger partial charge in [0.05, 0.1) is 11.1 Å². The lowest BCUT2D eigenvalue weighted by atomic mass is 9.98. The van der Waals surface area contributed by atoms with E-state index in [1.807, 2.05) is 0 Å². The average molecular weight is 256 g/mol. The number of aldehydes is 1. The third-order valence-electron chi connectivity index (χ3n) is 2.04. The molecule has 1 aromatic carbocycles. The van der Waals surface area contributed by atoms with Gasteiger partial charge in [0.15, 0.2) is 0 Å². The highest BCUT2D eigenvalue weighted by molar-refractivity contribution is 5.57. The Hall–Kier alpha value is -1.53. The second kappa shape index (κ2) is 4.38. The Kier molecular flexibility index (Phi) is 3.49. The van der Waals surface area contributed by atoms with Crippen molar-refractivity contribution < 1.29 is 31.1 Å². The largest absolute Gasteiger partial charge is 0.417 e. The molecule has 1 rings (SSSR count). The molecule has 0 bridgehead atoms. The van der Waals surface area contributed by atoms with E-state index in [2.05, 4.69) is 0 Å². The SMILES string of the molecule is O=CCc1cccc(C(F)(F)F)c1C(F)(F)F. The van der Waals surface area contributed by atoms with Crippen molar-refractivity contribution in [2.24, 2.45) is 0 Å². The molecule has 0 unspecified atom stereocenters. The molecule has 94 valence electrons. The predicted molar refractivity (Wildman–Crippen MR) is 46.2 cm³/mol. The molecule has 0 aliphatic carbocycles. The van der Waals surface area contributed by atoms with Crippen LogP contribution in [0, 0.1) is 0 Å². The molecule has 0 spiro atoms. The summed E-state index contributed by atoms with van der Waals surface area (Å²) >= 11 is 0. The monoisotopic (exact) mass is 256 g/mol. The molecule has 7 heteroatoms. The van der Waals surface area contributed by atoms with E-state index in [0.29, 0.717) is 6.07 Å². The fourth-order valence-electron chi connectivity index (χ4n) is 1.43. The molecule has 0 heterocycles. The fraction of sp³-hybridized carbons (Fsp3) is 0.300. The second-order valence-electron chi connectivity index (χ2n) is 3.21. The summed E-state index contributed by atoms with van der Waals surface area (Å²) in [6.07, 6.45) is -10.8. The molecular formula is C10H6F6O. The van der Waals surface area contributed by atoms with Crippen LogP contribution in [-0.2, 0) is 23.6 Å². The molecule has 0 fully saturated rings. The molecule has 1 nitrogen and oxygen atoms in total. The van der Waals surface area contributed by atoms with Crippen molar-refractivity contribution in [2.75, 3.05) is 0 Å². The third-order valence-corrected chi connectivity index (χ3v) is 2.04. The zero-order chi connectivity index (χ0) is 13.3. The van der Waals surface area contributed by atoms with Crippen LogP contribution >= 0.6 is 0 Å². The number of benzene rings is 1. The molecule has 0 atom stereocenters. The minimum absolute atomic E-state index is 0.130. The summed E-state index contributed by atoms with van der Waals surface area (Å²) in [4.78, 5) is 10.2. The molecule has 17 heavy (non-hydrogen) atoms. The van der Waals surface area contributed by atoms with Gasteiger partial charge >= 0.3 is 12.4 Å². The Balaban J connectivity index is 3.51. The summed E-state index contributed by atoms with van der Waals surface area (Å²) in [7, 11) is 0. The molecule has 0 aliphatic rings. The lowest BCUT2D eigenvalue weighted by Gasteiger charge is -2.18. The first kappa shape index (κ1) is 13.5. The molecule has 0 radical (unpaired) electrons. The number of rotatable bonds is 2. The molecule has 0 aliphatic heterocycles. The molecule has 0 amide bonds. The molecular weight excluding hydrogens is 250 g/mol. The molecule has 0 aromatic heterocycles. The van der Waals surface area contributed by atoms with Crippen molar-refractivity contribution in [3.63, 3.8) is 0 Å². The van der Waals surface area contributed by atoms with Crippen LogP contribution in [0.3, 0.4) is 0 Å². The topological polar surface area (TPSA) is 17.1 Å². The number of hydrogen-bond donors (Lipinski definition) is 0. The lowest BCUT2D eigenvalue weighted by molar-refractivity contribution is -0.162. The van der Waals surface area contributed by atoms with Gasteiger partial charge in [0.1, 0.15) is 6.29 Å². The Labute approximate surface area is 92.0 Å². The summed E-state index contributed by atoms with van der Waals surface area (Å²) in [5.41, 5.74) is -4.24. The van der Waals surface area contributed by atoms with E-state index >= 15 is 0 Å². The Morgan fingerprint density at radius 3 is 2.00 bits per heavy atom. The maximum atomic E-state index is 12.5. The van der Waals surface area contributed by atoms with Crippen LogP contribution in [0.1, 0.15) is 16.7 Å². The van der Waals surface area contributed by atoms with Gasteiger partial charge in [0.2, 0.25) is 0 Å². The van der Waals surface area contributed by atoms with Gasteiger partial charge in [0.25, 0.3) is 0 Å². The van der Waals surface area contributed by atoms with Gasteiger partial charge in [-0.25, -0.2) is 0 Å². The first-order valence-electron chi connectivity index (χ1n) is 4.38. The van der Waals surface area contributed by atoms with Gasteiger partial charge in [0, 0.05) is 6.42 Å². The highest BCUT2D eigenvalue weighted by Crippen LogP contribution is 2.41. The maximum Gasteiger partial charge on any atom is 0.417 e. The van der Waals surface area contributed by atoms with Crippen molar-refractivity contribution in [3.05, 3.63) is 34.9 Å². The van der Waals surface area contributed by atoms with Crippen LogP contribution in [0.5, 0.6) is 0 Å². The summed E-state index contributed by atoms with van der Waals surface area (Å²) < 4.78 is 74.9. The lowest BCUT2D eigenvalue weighted by Crippen LogP contribution is -2.19. The molecule has 1 aromatic rings. The van der Waals surface area contributed by atoms with Gasteiger partial charge < -0.3 is 4.79 Å². The van der Waals surface area contributed by atoms with E-state index in [0.717, 1.165) is 12.1 Å². The van der Waals surface area contributed by atoms with E-state index in [1.165, 1.54) is 0 Å². The van der Waals surface area contributed by atoms with Crippen LogP contribution in [0.4, 0.5) is 26.3 Å². The number of hydrogen-bond acceptors (Lipinski definition) is 1. The molecule has 0 saturated heterocycles. The first-order chi connectivity index (χ1) is 7.68. The Morgan fingerprint density at radius 2 is 1.59 bits per heavy atom. The van der Waals surface area contributed by atoms with Gasteiger partial charge in [-0.05, 0) is 11.6 Å². The third kappa shape index (κ3) is 2.98. The van der Waals surface area contributed by atoms with Crippen molar-refractivity contribution in [1.29, 1.82) is 0 Å². The second-order valence-corrected chi connectivity index (χ2v) is 3.21. The summed E-state index contributed by atoms with van der Waals surface area (Å²) in [6, 6.07) is 2.04. The van der Waals surface area contributed by atoms with Gasteiger partial charge in [-0.3, -0.25) is 0 Å². The normalized spacial score (nSPS) is 12.6. The minimum atomic E-state index is -5.15. The summed E-state index contributed by atoms with van der Waals surface area (Å²) in [6.45, 7) is 0. The highest BCUT2D eigenvalue weighted by atomic mass is 19.4. The van der Waals surface area contributed by atoms with Crippen molar-refractivity contribution in [3.8, 4) is 0 Å². The van der Waals surface area contributed by atoms with Crippen LogP contribution in [0.2, 0.25) is 0 Å². The smallest absolute Gasteiger partial charge is 0.303 e. The van der Waals surface area contributed by atoms with Gasteiger partial charge in [-0.15, -0.1) is 0 Å².